The van der Waals surface area contributed by atoms with Crippen LogP contribution in [0.1, 0.15) is 92.9 Å². The van der Waals surface area contributed by atoms with Crippen LogP contribution in [-0.4, -0.2) is 59.8 Å². The molecule has 12 atom stereocenters. The first kappa shape index (κ1) is 27.6. The van der Waals surface area contributed by atoms with Crippen LogP contribution < -0.4 is 5.32 Å². The SMILES string of the molecule is C=C(NC1CCC23CC24C(=O)C[C@]2(C)[C@@H]([C@H](C)N(C)C)[C@H](O)C[C@@]2(C)C4CCC3[C@]1(C)CO)C(C)CC. The van der Waals surface area contributed by atoms with E-state index < -0.39 is 0 Å². The van der Waals surface area contributed by atoms with Crippen molar-refractivity contribution in [1.29, 1.82) is 0 Å². The Morgan fingerprint density at radius 2 is 1.78 bits per heavy atom. The number of allylic oxidation sites excluding steroid dienone is 1. The van der Waals surface area contributed by atoms with Crippen LogP contribution in [0.5, 0.6) is 0 Å². The highest BCUT2D eigenvalue weighted by Crippen LogP contribution is 2.87. The normalized spacial score (nSPS) is 52.0. The van der Waals surface area contributed by atoms with Crippen LogP contribution in [0.2, 0.25) is 0 Å². The average molecular weight is 515 g/mol. The Bertz CT molecular complexity index is 966. The van der Waals surface area contributed by atoms with E-state index in [1.54, 1.807) is 0 Å². The van der Waals surface area contributed by atoms with Gasteiger partial charge in [-0.25, -0.2) is 0 Å². The summed E-state index contributed by atoms with van der Waals surface area (Å²) in [4.78, 5) is 16.7. The molecule has 3 N–H and O–H groups in total. The van der Waals surface area contributed by atoms with Gasteiger partial charge in [0.15, 0.2) is 0 Å². The van der Waals surface area contributed by atoms with E-state index in [1.807, 2.05) is 0 Å². The molecule has 5 saturated carbocycles. The van der Waals surface area contributed by atoms with Gasteiger partial charge in [0.25, 0.3) is 0 Å². The second-order valence-corrected chi connectivity index (χ2v) is 15.2. The molecule has 0 aromatic heterocycles. The number of aliphatic hydroxyl groups is 2. The fourth-order valence-corrected chi connectivity index (χ4v) is 11.3. The van der Waals surface area contributed by atoms with Gasteiger partial charge >= 0.3 is 0 Å². The highest BCUT2D eigenvalue weighted by Gasteiger charge is 2.86. The molecule has 5 aliphatic carbocycles. The van der Waals surface area contributed by atoms with Gasteiger partial charge < -0.3 is 20.4 Å². The molecule has 0 aromatic carbocycles. The number of carbonyl (C=O) groups excluding carboxylic acids is 1. The molecular formula is C32H54N2O3. The topological polar surface area (TPSA) is 72.8 Å². The van der Waals surface area contributed by atoms with Crippen LogP contribution in [0, 0.1) is 50.7 Å². The van der Waals surface area contributed by atoms with E-state index in [1.165, 1.54) is 0 Å². The minimum Gasteiger partial charge on any atom is -0.396 e. The largest absolute Gasteiger partial charge is 0.396 e. The molecule has 0 heterocycles. The molecule has 5 rings (SSSR count). The van der Waals surface area contributed by atoms with Crippen molar-refractivity contribution in [2.24, 2.45) is 50.7 Å². The van der Waals surface area contributed by atoms with Crippen LogP contribution in [0.25, 0.3) is 0 Å². The molecular weight excluding hydrogens is 460 g/mol. The van der Waals surface area contributed by atoms with Crippen LogP contribution in [0.4, 0.5) is 0 Å². The third-order valence-corrected chi connectivity index (χ3v) is 14.0. The minimum absolute atomic E-state index is 0.0148. The summed E-state index contributed by atoms with van der Waals surface area (Å²) in [7, 11) is 4.20. The van der Waals surface area contributed by atoms with Crippen LogP contribution >= 0.6 is 0 Å². The lowest BCUT2D eigenvalue weighted by atomic mass is 9.41. The van der Waals surface area contributed by atoms with Gasteiger partial charge in [-0.1, -0.05) is 41.2 Å². The third kappa shape index (κ3) is 3.23. The molecule has 2 spiro atoms. The van der Waals surface area contributed by atoms with Crippen molar-refractivity contribution in [1.82, 2.24) is 10.2 Å². The molecule has 0 saturated heterocycles. The molecule has 0 radical (unpaired) electrons. The summed E-state index contributed by atoms with van der Waals surface area (Å²) in [5.74, 6) is 1.67. The zero-order chi connectivity index (χ0) is 27.3. The van der Waals surface area contributed by atoms with Gasteiger partial charge in [-0.3, -0.25) is 4.79 Å². The van der Waals surface area contributed by atoms with Crippen molar-refractivity contribution < 1.29 is 15.0 Å². The standard InChI is InChI=1S/C32H54N2O3/c1-10-19(2)20(3)33-25-13-14-31-17-32(31)24(12-11-23(31)28(25,5)18-35)29(6)15-22(36)27(21(4)34(8)9)30(29,7)16-26(32)37/h19,21-25,27,33,35-36H,3,10-18H2,1-2,4-9H3/t19?,21-,22+,23?,24?,25?,27-,28-,29-,30+,31?,32?/m0/s1. The zero-order valence-electron chi connectivity index (χ0n) is 24.9. The first-order valence-corrected chi connectivity index (χ1v) is 15.1. The molecule has 5 fully saturated rings. The second-order valence-electron chi connectivity index (χ2n) is 15.2. The van der Waals surface area contributed by atoms with Crippen LogP contribution in [0.3, 0.4) is 0 Å². The molecule has 37 heavy (non-hydrogen) atoms. The van der Waals surface area contributed by atoms with E-state index in [0.29, 0.717) is 30.0 Å². The van der Waals surface area contributed by atoms with Gasteiger partial charge in [-0.05, 0) is 100.0 Å². The Morgan fingerprint density at radius 3 is 2.38 bits per heavy atom. The number of rotatable bonds is 7. The Labute approximate surface area is 225 Å². The van der Waals surface area contributed by atoms with Gasteiger partial charge in [0.2, 0.25) is 0 Å². The molecule has 5 aliphatic rings. The van der Waals surface area contributed by atoms with Crippen molar-refractivity contribution in [3.8, 4) is 0 Å². The van der Waals surface area contributed by atoms with Crippen molar-refractivity contribution in [2.75, 3.05) is 20.7 Å². The molecule has 0 aliphatic heterocycles. The highest BCUT2D eigenvalue weighted by atomic mass is 16.3. The first-order chi connectivity index (χ1) is 17.2. The number of nitrogens with zero attached hydrogens (tertiary/aromatic N) is 1. The molecule has 6 unspecified atom stereocenters. The molecule has 0 bridgehead atoms. The summed E-state index contributed by atoms with van der Waals surface area (Å²) >= 11 is 0. The molecule has 210 valence electrons. The van der Waals surface area contributed by atoms with Crippen molar-refractivity contribution in [3.63, 3.8) is 0 Å². The van der Waals surface area contributed by atoms with E-state index in [9.17, 15) is 15.0 Å². The zero-order valence-corrected chi connectivity index (χ0v) is 24.9. The lowest BCUT2D eigenvalue weighted by molar-refractivity contribution is -0.172. The predicted molar refractivity (Wildman–Crippen MR) is 149 cm³/mol. The lowest BCUT2D eigenvalue weighted by Crippen LogP contribution is -2.63. The first-order valence-electron chi connectivity index (χ1n) is 15.1. The van der Waals surface area contributed by atoms with E-state index in [2.05, 4.69) is 72.4 Å². The Morgan fingerprint density at radius 1 is 1.14 bits per heavy atom. The number of carbonyl (C=O) groups is 1. The van der Waals surface area contributed by atoms with E-state index in [-0.39, 0.29) is 57.8 Å². The summed E-state index contributed by atoms with van der Waals surface area (Å²) in [6, 6.07) is 0.424. The number of nitrogens with one attached hydrogen (secondary N) is 1. The number of aliphatic hydroxyl groups excluding tert-OH is 2. The van der Waals surface area contributed by atoms with Gasteiger partial charge in [0, 0.05) is 40.9 Å². The maximum absolute atomic E-state index is 14.5. The monoisotopic (exact) mass is 514 g/mol. The number of hydrogen-bond acceptors (Lipinski definition) is 5. The minimum atomic E-state index is -0.364. The lowest BCUT2D eigenvalue weighted by Gasteiger charge is -2.63. The van der Waals surface area contributed by atoms with Crippen molar-refractivity contribution in [3.05, 3.63) is 12.3 Å². The number of fused-ring (bicyclic) bond motifs is 2. The predicted octanol–water partition coefficient (Wildman–Crippen LogP) is 5.02. The van der Waals surface area contributed by atoms with Crippen LogP contribution in [-0.2, 0) is 4.79 Å². The second kappa shape index (κ2) is 8.54. The summed E-state index contributed by atoms with van der Waals surface area (Å²) in [5.41, 5.74) is 0.352. The van der Waals surface area contributed by atoms with E-state index >= 15 is 0 Å². The van der Waals surface area contributed by atoms with Crippen LogP contribution in [0.15, 0.2) is 12.3 Å². The summed E-state index contributed by atoms with van der Waals surface area (Å²) in [6.45, 7) is 18.2. The highest BCUT2D eigenvalue weighted by molar-refractivity contribution is 5.92. The summed E-state index contributed by atoms with van der Waals surface area (Å²) < 4.78 is 0. The fourth-order valence-electron chi connectivity index (χ4n) is 11.3. The summed E-state index contributed by atoms with van der Waals surface area (Å²) in [6.07, 6.45) is 7.25. The quantitative estimate of drug-likeness (QED) is 0.445. The average Bonchev–Trinajstić information content (AvgIpc) is 3.48. The third-order valence-electron chi connectivity index (χ3n) is 14.0. The van der Waals surface area contributed by atoms with Gasteiger partial charge in [0.1, 0.15) is 5.78 Å². The van der Waals surface area contributed by atoms with E-state index in [4.69, 9.17) is 0 Å². The summed E-state index contributed by atoms with van der Waals surface area (Å²) in [5, 5.41) is 26.2. The molecule has 5 heteroatoms. The van der Waals surface area contributed by atoms with Crippen molar-refractivity contribution in [2.45, 2.75) is 111 Å². The van der Waals surface area contributed by atoms with Crippen molar-refractivity contribution >= 4 is 5.78 Å². The number of ketones is 1. The van der Waals surface area contributed by atoms with Gasteiger partial charge in [0.05, 0.1) is 12.7 Å². The maximum Gasteiger partial charge on any atom is 0.140 e. The maximum atomic E-state index is 14.5. The smallest absolute Gasteiger partial charge is 0.140 e. The number of Topliss-reactive ketones (excluding diaryl/α,β-unsaturated/α-hetero) is 1. The Balaban J connectivity index is 1.49. The molecule has 0 aromatic rings. The molecule has 0 amide bonds. The Hall–Kier alpha value is -0.910. The number of hydrogen-bond donors (Lipinski definition) is 3. The fraction of sp³-hybridized carbons (Fsp3) is 0.906. The van der Waals surface area contributed by atoms with E-state index in [0.717, 1.165) is 50.6 Å². The Kier molecular flexibility index (Phi) is 6.38. The molecule has 5 nitrogen and oxygen atoms in total. The van der Waals surface area contributed by atoms with Gasteiger partial charge in [-0.2, -0.15) is 0 Å². The van der Waals surface area contributed by atoms with Gasteiger partial charge in [-0.15, -0.1) is 0 Å².